The lowest BCUT2D eigenvalue weighted by Crippen LogP contribution is -2.54. The summed E-state index contributed by atoms with van der Waals surface area (Å²) in [7, 11) is 1.47. The first-order valence-electron chi connectivity index (χ1n) is 12.2. The summed E-state index contributed by atoms with van der Waals surface area (Å²) < 4.78 is 17.5. The summed E-state index contributed by atoms with van der Waals surface area (Å²) in [5.74, 6) is -0.0684. The number of furan rings is 1. The van der Waals surface area contributed by atoms with Crippen molar-refractivity contribution in [2.24, 2.45) is 0 Å². The SMILES string of the molecule is CCC=CC(=O)N(Cc1ccoc1)C1CC(C(=O)NCCO)=CC(Oc2c(I)cc(CO)cc2OC)C1O. The van der Waals surface area contributed by atoms with Gasteiger partial charge in [-0.2, -0.15) is 0 Å². The molecule has 3 rings (SSSR count). The van der Waals surface area contributed by atoms with Gasteiger partial charge in [0.1, 0.15) is 12.2 Å². The van der Waals surface area contributed by atoms with Crippen molar-refractivity contribution in [3.63, 3.8) is 0 Å². The monoisotopic (exact) mass is 640 g/mol. The molecule has 0 fully saturated rings. The third-order valence-corrected chi connectivity index (χ3v) is 6.85. The largest absolute Gasteiger partial charge is 0.493 e. The third kappa shape index (κ3) is 7.37. The van der Waals surface area contributed by atoms with Crippen molar-refractivity contribution in [3.8, 4) is 11.5 Å². The number of aliphatic hydroxyl groups excluding tert-OH is 3. The van der Waals surface area contributed by atoms with Crippen LogP contribution in [0.5, 0.6) is 11.5 Å². The van der Waals surface area contributed by atoms with Crippen LogP contribution in [0.15, 0.2) is 58.9 Å². The molecule has 38 heavy (non-hydrogen) atoms. The van der Waals surface area contributed by atoms with Gasteiger partial charge in [-0.25, -0.2) is 0 Å². The molecule has 0 radical (unpaired) electrons. The van der Waals surface area contributed by atoms with Gasteiger partial charge in [0.2, 0.25) is 11.8 Å². The van der Waals surface area contributed by atoms with Crippen LogP contribution in [0.25, 0.3) is 0 Å². The van der Waals surface area contributed by atoms with Crippen molar-refractivity contribution in [3.05, 3.63) is 69.2 Å². The standard InChI is InChI=1S/C27H33IN2O8/c1-3-4-5-24(33)30(14-17-6-9-37-16-17)21-12-19(27(35)29-7-8-31)13-22(25(21)34)38-26-20(28)10-18(15-32)11-23(26)36-2/h4-6,9-11,13,16,21-22,25,31-32,34H,3,7-8,12,14-15H2,1-2H3,(H,29,35). The summed E-state index contributed by atoms with van der Waals surface area (Å²) in [6.07, 6.45) is 6.25. The number of methoxy groups -OCH3 is 1. The van der Waals surface area contributed by atoms with Crippen LogP contribution in [0.4, 0.5) is 0 Å². The third-order valence-electron chi connectivity index (χ3n) is 6.05. The molecule has 0 spiro atoms. The predicted molar refractivity (Wildman–Crippen MR) is 147 cm³/mol. The minimum atomic E-state index is -1.20. The number of ether oxygens (including phenoxy) is 2. The van der Waals surface area contributed by atoms with Gasteiger partial charge in [-0.3, -0.25) is 9.59 Å². The van der Waals surface area contributed by atoms with Gasteiger partial charge in [-0.1, -0.05) is 13.0 Å². The van der Waals surface area contributed by atoms with Gasteiger partial charge in [0.15, 0.2) is 11.5 Å². The quantitative estimate of drug-likeness (QED) is 0.205. The summed E-state index contributed by atoms with van der Waals surface area (Å²) in [6, 6.07) is 4.28. The van der Waals surface area contributed by atoms with E-state index >= 15 is 0 Å². The maximum absolute atomic E-state index is 13.3. The van der Waals surface area contributed by atoms with E-state index in [1.165, 1.54) is 36.7 Å². The Morgan fingerprint density at radius 1 is 1.29 bits per heavy atom. The minimum absolute atomic E-state index is 0.0557. The normalized spacial score (nSPS) is 19.2. The molecule has 2 aromatic rings. The highest BCUT2D eigenvalue weighted by Gasteiger charge is 2.40. The number of amides is 2. The topological polar surface area (TPSA) is 142 Å². The lowest BCUT2D eigenvalue weighted by molar-refractivity contribution is -0.134. The number of allylic oxidation sites excluding steroid dienone is 1. The van der Waals surface area contributed by atoms with Gasteiger partial charge in [0, 0.05) is 30.6 Å². The molecule has 11 heteroatoms. The second-order valence-corrected chi connectivity index (χ2v) is 9.85. The average molecular weight is 640 g/mol. The Kier molecular flexibility index (Phi) is 11.2. The Balaban J connectivity index is 2.02. The molecular weight excluding hydrogens is 607 g/mol. The summed E-state index contributed by atoms with van der Waals surface area (Å²) in [5.41, 5.74) is 1.66. The van der Waals surface area contributed by atoms with Crippen LogP contribution in [-0.2, 0) is 22.7 Å². The molecule has 10 nitrogen and oxygen atoms in total. The van der Waals surface area contributed by atoms with Gasteiger partial charge in [-0.05, 0) is 64.9 Å². The number of halogens is 1. The van der Waals surface area contributed by atoms with E-state index in [0.29, 0.717) is 32.6 Å². The highest BCUT2D eigenvalue weighted by atomic mass is 127. The first-order valence-corrected chi connectivity index (χ1v) is 13.3. The lowest BCUT2D eigenvalue weighted by Gasteiger charge is -2.40. The summed E-state index contributed by atoms with van der Waals surface area (Å²) in [4.78, 5) is 27.7. The van der Waals surface area contributed by atoms with E-state index < -0.39 is 24.2 Å². The van der Waals surface area contributed by atoms with Crippen LogP contribution in [-0.4, -0.2) is 70.5 Å². The van der Waals surface area contributed by atoms with Gasteiger partial charge in [0.25, 0.3) is 0 Å². The molecule has 1 aliphatic carbocycles. The summed E-state index contributed by atoms with van der Waals surface area (Å²) in [5, 5.41) is 32.9. The fourth-order valence-corrected chi connectivity index (χ4v) is 4.94. The first-order chi connectivity index (χ1) is 18.3. The van der Waals surface area contributed by atoms with Crippen molar-refractivity contribution in [1.29, 1.82) is 0 Å². The number of nitrogens with zero attached hydrogens (tertiary/aromatic N) is 1. The number of nitrogens with one attached hydrogen (secondary N) is 1. The zero-order valence-corrected chi connectivity index (χ0v) is 23.5. The van der Waals surface area contributed by atoms with Crippen molar-refractivity contribution >= 4 is 34.4 Å². The highest BCUT2D eigenvalue weighted by molar-refractivity contribution is 14.1. The van der Waals surface area contributed by atoms with E-state index in [1.54, 1.807) is 24.3 Å². The zero-order chi connectivity index (χ0) is 27.7. The van der Waals surface area contributed by atoms with E-state index in [1.807, 2.05) is 29.5 Å². The molecule has 0 bridgehead atoms. The smallest absolute Gasteiger partial charge is 0.247 e. The molecule has 1 aliphatic rings. The second-order valence-electron chi connectivity index (χ2n) is 8.69. The lowest BCUT2D eigenvalue weighted by atomic mass is 9.88. The summed E-state index contributed by atoms with van der Waals surface area (Å²) in [6.45, 7) is 1.69. The van der Waals surface area contributed by atoms with Crippen LogP contribution in [0.3, 0.4) is 0 Å². The van der Waals surface area contributed by atoms with E-state index in [-0.39, 0.29) is 38.6 Å². The molecule has 3 unspecified atom stereocenters. The predicted octanol–water partition coefficient (Wildman–Crippen LogP) is 2.30. The first kappa shape index (κ1) is 29.7. The minimum Gasteiger partial charge on any atom is -0.493 e. The molecular formula is C27H33IN2O8. The van der Waals surface area contributed by atoms with Gasteiger partial charge in [0.05, 0.1) is 42.5 Å². The molecule has 1 aromatic heterocycles. The van der Waals surface area contributed by atoms with E-state index in [4.69, 9.17) is 13.9 Å². The van der Waals surface area contributed by atoms with Crippen LogP contribution < -0.4 is 14.8 Å². The van der Waals surface area contributed by atoms with Gasteiger partial charge in [-0.15, -0.1) is 0 Å². The molecule has 2 amide bonds. The second kappa shape index (κ2) is 14.3. The van der Waals surface area contributed by atoms with Crippen molar-refractivity contribution in [2.45, 2.75) is 51.2 Å². The van der Waals surface area contributed by atoms with Crippen molar-refractivity contribution in [1.82, 2.24) is 10.2 Å². The highest BCUT2D eigenvalue weighted by Crippen LogP contribution is 2.37. The maximum atomic E-state index is 13.3. The number of hydrogen-bond acceptors (Lipinski definition) is 8. The molecule has 1 heterocycles. The Labute approximate surface area is 235 Å². The van der Waals surface area contributed by atoms with Crippen LogP contribution in [0.1, 0.15) is 30.9 Å². The fourth-order valence-electron chi connectivity index (χ4n) is 4.15. The van der Waals surface area contributed by atoms with Gasteiger partial charge >= 0.3 is 0 Å². The Bertz CT molecular complexity index is 1150. The van der Waals surface area contributed by atoms with Crippen LogP contribution in [0, 0.1) is 3.57 Å². The van der Waals surface area contributed by atoms with Crippen LogP contribution >= 0.6 is 22.6 Å². The number of carbonyl (C=O) groups is 2. The number of hydrogen-bond donors (Lipinski definition) is 4. The molecule has 1 aromatic carbocycles. The Morgan fingerprint density at radius 2 is 2.08 bits per heavy atom. The van der Waals surface area contributed by atoms with Crippen molar-refractivity contribution < 1.29 is 38.8 Å². The van der Waals surface area contributed by atoms with E-state index in [9.17, 15) is 24.9 Å². The number of aliphatic hydroxyl groups is 3. The maximum Gasteiger partial charge on any atom is 0.247 e. The number of carbonyl (C=O) groups excluding carboxylic acids is 2. The molecule has 0 aliphatic heterocycles. The fraction of sp³-hybridized carbons (Fsp3) is 0.407. The molecule has 4 N–H and O–H groups in total. The number of benzene rings is 1. The molecule has 0 saturated carbocycles. The van der Waals surface area contributed by atoms with Crippen LogP contribution in [0.2, 0.25) is 0 Å². The van der Waals surface area contributed by atoms with E-state index in [0.717, 1.165) is 5.56 Å². The van der Waals surface area contributed by atoms with Crippen molar-refractivity contribution in [2.75, 3.05) is 20.3 Å². The van der Waals surface area contributed by atoms with Gasteiger partial charge < -0.3 is 39.4 Å². The Hall–Kier alpha value is -2.87. The summed E-state index contributed by atoms with van der Waals surface area (Å²) >= 11 is 2.05. The Morgan fingerprint density at radius 3 is 2.71 bits per heavy atom. The molecule has 206 valence electrons. The molecule has 3 atom stereocenters. The number of rotatable bonds is 12. The zero-order valence-electron chi connectivity index (χ0n) is 21.3. The average Bonchev–Trinajstić information content (AvgIpc) is 3.44. The van der Waals surface area contributed by atoms with E-state index in [2.05, 4.69) is 5.32 Å². The molecule has 0 saturated heterocycles.